The molecule has 3 rings (SSSR count). The van der Waals surface area contributed by atoms with Gasteiger partial charge >= 0.3 is 0 Å². The van der Waals surface area contributed by atoms with E-state index in [1.165, 1.54) is 11.8 Å². The van der Waals surface area contributed by atoms with Crippen molar-refractivity contribution in [2.45, 2.75) is 19.5 Å². The number of carbonyl (C=O) groups is 2. The van der Waals surface area contributed by atoms with Gasteiger partial charge in [0.15, 0.2) is 5.76 Å². The van der Waals surface area contributed by atoms with Crippen LogP contribution in [0.5, 0.6) is 0 Å². The minimum Gasteiger partial charge on any atom is -0.459 e. The first-order chi connectivity index (χ1) is 11.6. The lowest BCUT2D eigenvalue weighted by atomic mass is 10.2. The predicted molar refractivity (Wildman–Crippen MR) is 91.8 cm³/mol. The van der Waals surface area contributed by atoms with Crippen LogP contribution in [0.4, 0.5) is 0 Å². The summed E-state index contributed by atoms with van der Waals surface area (Å²) in [6.07, 6.45) is 1.44. The Morgan fingerprint density at radius 3 is 2.71 bits per heavy atom. The zero-order valence-electron chi connectivity index (χ0n) is 13.6. The summed E-state index contributed by atoms with van der Waals surface area (Å²) in [5.74, 6) is -0.197. The second-order valence-corrected chi connectivity index (χ2v) is 6.69. The van der Waals surface area contributed by atoms with E-state index in [0.29, 0.717) is 13.1 Å². The lowest BCUT2D eigenvalue weighted by molar-refractivity contribution is -0.134. The molecule has 1 fully saturated rings. The summed E-state index contributed by atoms with van der Waals surface area (Å²) in [7, 11) is 0. The van der Waals surface area contributed by atoms with Crippen LogP contribution in [0.15, 0.2) is 39.6 Å². The van der Waals surface area contributed by atoms with Crippen LogP contribution in [0.25, 0.3) is 0 Å². The Balaban J connectivity index is 1.46. The highest BCUT2D eigenvalue weighted by Gasteiger charge is 2.26. The number of nitrogens with one attached hydrogen (secondary N) is 1. The average molecular weight is 347 g/mol. The van der Waals surface area contributed by atoms with Crippen LogP contribution >= 0.6 is 11.3 Å². The van der Waals surface area contributed by atoms with Crippen molar-refractivity contribution in [2.24, 2.45) is 0 Å². The first kappa shape index (κ1) is 16.7. The molecular weight excluding hydrogens is 326 g/mol. The number of hydrogen-bond acceptors (Lipinski definition) is 5. The van der Waals surface area contributed by atoms with Crippen LogP contribution in [-0.2, 0) is 11.3 Å². The molecule has 1 unspecified atom stereocenters. The Bertz CT molecular complexity index is 661. The zero-order valence-corrected chi connectivity index (χ0v) is 14.4. The van der Waals surface area contributed by atoms with E-state index >= 15 is 0 Å². The lowest BCUT2D eigenvalue weighted by Crippen LogP contribution is -2.53. The molecule has 2 amide bonds. The molecule has 1 atom stereocenters. The maximum absolute atomic E-state index is 12.5. The first-order valence-electron chi connectivity index (χ1n) is 8.00. The SMILES string of the molecule is CC(NC(=O)c1ccco1)C(=O)N1CCN(Cc2ccsc2)CC1. The van der Waals surface area contributed by atoms with Crippen LogP contribution in [0.1, 0.15) is 23.0 Å². The number of nitrogens with zero attached hydrogens (tertiary/aromatic N) is 2. The first-order valence-corrected chi connectivity index (χ1v) is 8.94. The van der Waals surface area contributed by atoms with Gasteiger partial charge in [-0.25, -0.2) is 0 Å². The monoisotopic (exact) mass is 347 g/mol. The summed E-state index contributed by atoms with van der Waals surface area (Å²) in [6, 6.07) is 4.80. The third kappa shape index (κ3) is 4.04. The molecule has 0 aromatic carbocycles. The van der Waals surface area contributed by atoms with Gasteiger partial charge in [0.2, 0.25) is 5.91 Å². The molecule has 0 aliphatic carbocycles. The summed E-state index contributed by atoms with van der Waals surface area (Å²) in [6.45, 7) is 5.70. The maximum atomic E-state index is 12.5. The minimum atomic E-state index is -0.564. The smallest absolute Gasteiger partial charge is 0.287 e. The van der Waals surface area contributed by atoms with Gasteiger partial charge in [-0.2, -0.15) is 11.3 Å². The topological polar surface area (TPSA) is 65.8 Å². The second-order valence-electron chi connectivity index (χ2n) is 5.91. The van der Waals surface area contributed by atoms with Crippen molar-refractivity contribution in [3.05, 3.63) is 46.5 Å². The van der Waals surface area contributed by atoms with Crippen LogP contribution in [0.3, 0.4) is 0 Å². The number of amides is 2. The molecule has 0 radical (unpaired) electrons. The standard InChI is InChI=1S/C17H21N3O3S/c1-13(18-16(21)15-3-2-9-23-15)17(22)20-7-5-19(6-8-20)11-14-4-10-24-12-14/h2-4,9-10,12-13H,5-8,11H2,1H3,(H,18,21). The fraction of sp³-hybridized carbons (Fsp3) is 0.412. The van der Waals surface area contributed by atoms with E-state index in [9.17, 15) is 9.59 Å². The van der Waals surface area contributed by atoms with Crippen molar-refractivity contribution < 1.29 is 14.0 Å². The molecule has 24 heavy (non-hydrogen) atoms. The van der Waals surface area contributed by atoms with Crippen LogP contribution in [0.2, 0.25) is 0 Å². The lowest BCUT2D eigenvalue weighted by Gasteiger charge is -2.35. The molecule has 3 heterocycles. The van der Waals surface area contributed by atoms with E-state index in [2.05, 4.69) is 27.0 Å². The number of hydrogen-bond donors (Lipinski definition) is 1. The van der Waals surface area contributed by atoms with E-state index in [1.54, 1.807) is 30.4 Å². The molecule has 1 saturated heterocycles. The Morgan fingerprint density at radius 2 is 2.08 bits per heavy atom. The Kier molecular flexibility index (Phi) is 5.32. The molecular formula is C17H21N3O3S. The van der Waals surface area contributed by atoms with Crippen molar-refractivity contribution in [2.75, 3.05) is 26.2 Å². The van der Waals surface area contributed by atoms with Gasteiger partial charge < -0.3 is 14.6 Å². The highest BCUT2D eigenvalue weighted by Crippen LogP contribution is 2.12. The molecule has 128 valence electrons. The zero-order chi connectivity index (χ0) is 16.9. The van der Waals surface area contributed by atoms with Gasteiger partial charge in [0.05, 0.1) is 6.26 Å². The Hall–Kier alpha value is -2.12. The number of thiophene rings is 1. The normalized spacial score (nSPS) is 16.8. The van der Waals surface area contributed by atoms with E-state index in [1.807, 2.05) is 4.90 Å². The predicted octanol–water partition coefficient (Wildman–Crippen LogP) is 1.80. The van der Waals surface area contributed by atoms with Gasteiger partial charge in [0.1, 0.15) is 6.04 Å². The van der Waals surface area contributed by atoms with Crippen molar-refractivity contribution in [1.29, 1.82) is 0 Å². The van der Waals surface area contributed by atoms with E-state index < -0.39 is 6.04 Å². The molecule has 7 heteroatoms. The van der Waals surface area contributed by atoms with E-state index in [-0.39, 0.29) is 17.6 Å². The third-order valence-electron chi connectivity index (χ3n) is 4.13. The quantitative estimate of drug-likeness (QED) is 0.896. The minimum absolute atomic E-state index is 0.0508. The van der Waals surface area contributed by atoms with Crippen molar-refractivity contribution in [1.82, 2.24) is 15.1 Å². The molecule has 1 aliphatic heterocycles. The van der Waals surface area contributed by atoms with Crippen molar-refractivity contribution in [3.63, 3.8) is 0 Å². The summed E-state index contributed by atoms with van der Waals surface area (Å²) >= 11 is 1.70. The molecule has 2 aromatic heterocycles. The Labute approximate surface area is 145 Å². The molecule has 0 spiro atoms. The van der Waals surface area contributed by atoms with Gasteiger partial charge in [-0.1, -0.05) is 0 Å². The van der Waals surface area contributed by atoms with E-state index in [0.717, 1.165) is 19.6 Å². The fourth-order valence-corrected chi connectivity index (χ4v) is 3.44. The number of piperazine rings is 1. The summed E-state index contributed by atoms with van der Waals surface area (Å²) in [4.78, 5) is 28.6. The molecule has 0 saturated carbocycles. The molecule has 0 bridgehead atoms. The maximum Gasteiger partial charge on any atom is 0.287 e. The van der Waals surface area contributed by atoms with Crippen LogP contribution < -0.4 is 5.32 Å². The van der Waals surface area contributed by atoms with Gasteiger partial charge in [0.25, 0.3) is 5.91 Å². The van der Waals surface area contributed by atoms with Gasteiger partial charge in [-0.05, 0) is 41.4 Å². The molecule has 2 aromatic rings. The molecule has 1 aliphatic rings. The Morgan fingerprint density at radius 1 is 1.29 bits per heavy atom. The average Bonchev–Trinajstić information content (AvgIpc) is 3.28. The van der Waals surface area contributed by atoms with E-state index in [4.69, 9.17) is 4.42 Å². The summed E-state index contributed by atoms with van der Waals surface area (Å²) in [5.41, 5.74) is 1.32. The largest absolute Gasteiger partial charge is 0.459 e. The van der Waals surface area contributed by atoms with Gasteiger partial charge in [-0.3, -0.25) is 14.5 Å². The van der Waals surface area contributed by atoms with Crippen molar-refractivity contribution >= 4 is 23.2 Å². The van der Waals surface area contributed by atoms with Gasteiger partial charge in [-0.15, -0.1) is 0 Å². The number of carbonyl (C=O) groups excluding carboxylic acids is 2. The molecule has 1 N–H and O–H groups in total. The highest BCUT2D eigenvalue weighted by atomic mass is 32.1. The number of furan rings is 1. The third-order valence-corrected chi connectivity index (χ3v) is 4.87. The highest BCUT2D eigenvalue weighted by molar-refractivity contribution is 7.07. The second kappa shape index (κ2) is 7.63. The van der Waals surface area contributed by atoms with Crippen LogP contribution in [0, 0.1) is 0 Å². The molecule has 6 nitrogen and oxygen atoms in total. The number of rotatable bonds is 5. The fourth-order valence-electron chi connectivity index (χ4n) is 2.78. The summed E-state index contributed by atoms with van der Waals surface area (Å²) in [5, 5.41) is 6.93. The van der Waals surface area contributed by atoms with Gasteiger partial charge in [0, 0.05) is 32.7 Å². The van der Waals surface area contributed by atoms with Crippen molar-refractivity contribution in [3.8, 4) is 0 Å². The summed E-state index contributed by atoms with van der Waals surface area (Å²) < 4.78 is 5.04. The van der Waals surface area contributed by atoms with Crippen LogP contribution in [-0.4, -0.2) is 53.8 Å².